The molecular weight excluding hydrogens is 312 g/mol. The maximum Gasteiger partial charge on any atom is 0.159 e. The number of anilines is 1. The Labute approximate surface area is 147 Å². The summed E-state index contributed by atoms with van der Waals surface area (Å²) in [7, 11) is 3.85. The van der Waals surface area contributed by atoms with Crippen LogP contribution in [0.2, 0.25) is 0 Å². The summed E-state index contributed by atoms with van der Waals surface area (Å²) in [5.41, 5.74) is 1.84. The Hall–Kier alpha value is -2.66. The molecule has 0 atom stereocenters. The van der Waals surface area contributed by atoms with E-state index in [0.717, 1.165) is 59.8 Å². The lowest BCUT2D eigenvalue weighted by Crippen LogP contribution is -2.45. The van der Waals surface area contributed by atoms with E-state index in [2.05, 4.69) is 51.3 Å². The molecule has 1 saturated heterocycles. The fraction of sp³-hybridized carbons (Fsp3) is 0.300. The number of piperazine rings is 1. The Bertz CT molecular complexity index is 888. The van der Waals surface area contributed by atoms with E-state index >= 15 is 0 Å². The molecule has 0 bridgehead atoms. The second kappa shape index (κ2) is 6.69. The molecule has 25 heavy (non-hydrogen) atoms. The Balaban J connectivity index is 1.85. The third-order valence-electron chi connectivity index (χ3n) is 4.83. The minimum Gasteiger partial charge on any atom is -0.496 e. The van der Waals surface area contributed by atoms with Crippen molar-refractivity contribution in [3.63, 3.8) is 0 Å². The van der Waals surface area contributed by atoms with Crippen molar-refractivity contribution in [1.29, 1.82) is 0 Å². The molecule has 0 saturated carbocycles. The van der Waals surface area contributed by atoms with Gasteiger partial charge in [-0.15, -0.1) is 10.2 Å². The summed E-state index contributed by atoms with van der Waals surface area (Å²) in [6.07, 6.45) is 0. The lowest BCUT2D eigenvalue weighted by atomic mass is 10.0. The molecule has 4 rings (SSSR count). The highest BCUT2D eigenvalue weighted by atomic mass is 16.5. The highest BCUT2D eigenvalue weighted by Crippen LogP contribution is 2.35. The van der Waals surface area contributed by atoms with Crippen molar-refractivity contribution in [3.8, 4) is 17.0 Å². The van der Waals surface area contributed by atoms with E-state index in [1.165, 1.54) is 0 Å². The van der Waals surface area contributed by atoms with E-state index in [1.807, 2.05) is 24.3 Å². The van der Waals surface area contributed by atoms with Crippen LogP contribution in [0, 0.1) is 0 Å². The molecule has 5 nitrogen and oxygen atoms in total. The van der Waals surface area contributed by atoms with Crippen LogP contribution in [0.15, 0.2) is 48.5 Å². The van der Waals surface area contributed by atoms with Crippen molar-refractivity contribution in [2.45, 2.75) is 0 Å². The first-order valence-corrected chi connectivity index (χ1v) is 8.60. The van der Waals surface area contributed by atoms with Crippen LogP contribution in [0.25, 0.3) is 22.0 Å². The zero-order valence-corrected chi connectivity index (χ0v) is 14.6. The third kappa shape index (κ3) is 2.91. The molecule has 0 N–H and O–H groups in total. The second-order valence-electron chi connectivity index (χ2n) is 6.41. The minimum atomic E-state index is 0.814. The van der Waals surface area contributed by atoms with Crippen LogP contribution in [-0.2, 0) is 0 Å². The first-order chi connectivity index (χ1) is 12.3. The van der Waals surface area contributed by atoms with E-state index in [0.29, 0.717) is 0 Å². The topological polar surface area (TPSA) is 41.5 Å². The van der Waals surface area contributed by atoms with Crippen LogP contribution in [0.4, 0.5) is 5.82 Å². The van der Waals surface area contributed by atoms with E-state index in [1.54, 1.807) is 7.11 Å². The predicted molar refractivity (Wildman–Crippen MR) is 101 cm³/mol. The molecule has 5 heteroatoms. The van der Waals surface area contributed by atoms with Crippen LogP contribution in [0.5, 0.6) is 5.75 Å². The Kier molecular flexibility index (Phi) is 4.24. The van der Waals surface area contributed by atoms with Gasteiger partial charge in [0.15, 0.2) is 5.82 Å². The first-order valence-electron chi connectivity index (χ1n) is 8.60. The van der Waals surface area contributed by atoms with Gasteiger partial charge in [-0.05, 0) is 19.2 Å². The average Bonchev–Trinajstić information content (AvgIpc) is 2.68. The SMILES string of the molecule is COc1ccccc1-c1nnc(N2CCN(C)CC2)c2ccccc12. The largest absolute Gasteiger partial charge is 0.496 e. The van der Waals surface area contributed by atoms with E-state index in [4.69, 9.17) is 4.74 Å². The second-order valence-corrected chi connectivity index (χ2v) is 6.41. The van der Waals surface area contributed by atoms with Gasteiger partial charge in [-0.25, -0.2) is 0 Å². The van der Waals surface area contributed by atoms with Gasteiger partial charge < -0.3 is 14.5 Å². The lowest BCUT2D eigenvalue weighted by Gasteiger charge is -2.33. The molecule has 0 unspecified atom stereocenters. The molecule has 0 radical (unpaired) electrons. The Morgan fingerprint density at radius 3 is 2.28 bits per heavy atom. The summed E-state index contributed by atoms with van der Waals surface area (Å²) in [6, 6.07) is 16.3. The lowest BCUT2D eigenvalue weighted by molar-refractivity contribution is 0.312. The molecule has 128 valence electrons. The molecule has 2 heterocycles. The van der Waals surface area contributed by atoms with Crippen LogP contribution in [0.1, 0.15) is 0 Å². The van der Waals surface area contributed by atoms with Gasteiger partial charge in [0.05, 0.1) is 7.11 Å². The smallest absolute Gasteiger partial charge is 0.159 e. The van der Waals surface area contributed by atoms with Crippen molar-refractivity contribution >= 4 is 16.6 Å². The average molecular weight is 334 g/mol. The van der Waals surface area contributed by atoms with Crippen LogP contribution in [-0.4, -0.2) is 55.4 Å². The molecule has 0 spiro atoms. The highest BCUT2D eigenvalue weighted by molar-refractivity contribution is 6.01. The van der Waals surface area contributed by atoms with Crippen molar-refractivity contribution in [2.75, 3.05) is 45.2 Å². The molecule has 3 aromatic rings. The van der Waals surface area contributed by atoms with Gasteiger partial charge in [0.1, 0.15) is 11.4 Å². The molecule has 1 aliphatic heterocycles. The summed E-state index contributed by atoms with van der Waals surface area (Å²) in [6.45, 7) is 4.04. The summed E-state index contributed by atoms with van der Waals surface area (Å²) in [4.78, 5) is 4.68. The first kappa shape index (κ1) is 15.8. The zero-order valence-electron chi connectivity index (χ0n) is 14.6. The maximum absolute atomic E-state index is 5.52. The van der Waals surface area contributed by atoms with Gasteiger partial charge in [0, 0.05) is 42.5 Å². The quantitative estimate of drug-likeness (QED) is 0.736. The molecule has 1 aromatic heterocycles. The fourth-order valence-electron chi connectivity index (χ4n) is 3.38. The number of hydrogen-bond donors (Lipinski definition) is 0. The zero-order chi connectivity index (χ0) is 17.2. The number of hydrogen-bond acceptors (Lipinski definition) is 5. The third-order valence-corrected chi connectivity index (χ3v) is 4.83. The monoisotopic (exact) mass is 334 g/mol. The maximum atomic E-state index is 5.52. The number of aromatic nitrogens is 2. The van der Waals surface area contributed by atoms with E-state index < -0.39 is 0 Å². The van der Waals surface area contributed by atoms with Gasteiger partial charge in [0.2, 0.25) is 0 Å². The number of benzene rings is 2. The summed E-state index contributed by atoms with van der Waals surface area (Å²) >= 11 is 0. The van der Waals surface area contributed by atoms with Gasteiger partial charge in [0.25, 0.3) is 0 Å². The number of nitrogens with zero attached hydrogens (tertiary/aromatic N) is 4. The van der Waals surface area contributed by atoms with Crippen molar-refractivity contribution in [2.24, 2.45) is 0 Å². The Morgan fingerprint density at radius 1 is 0.840 bits per heavy atom. The van der Waals surface area contributed by atoms with E-state index in [-0.39, 0.29) is 0 Å². The summed E-state index contributed by atoms with van der Waals surface area (Å²) in [5, 5.41) is 11.5. The standard InChI is InChI=1S/C20H22N4O/c1-23-11-13-24(14-12-23)20-16-8-4-3-7-15(16)19(21-22-20)17-9-5-6-10-18(17)25-2/h3-10H,11-14H2,1-2H3. The number of fused-ring (bicyclic) bond motifs is 1. The summed E-state index contributed by atoms with van der Waals surface area (Å²) in [5.74, 6) is 1.79. The molecule has 0 aliphatic carbocycles. The van der Waals surface area contributed by atoms with Gasteiger partial charge in [-0.2, -0.15) is 0 Å². The number of para-hydroxylation sites is 1. The normalized spacial score (nSPS) is 15.5. The minimum absolute atomic E-state index is 0.814. The van der Waals surface area contributed by atoms with Crippen LogP contribution in [0.3, 0.4) is 0 Å². The van der Waals surface area contributed by atoms with Crippen molar-refractivity contribution in [3.05, 3.63) is 48.5 Å². The highest BCUT2D eigenvalue weighted by Gasteiger charge is 2.20. The molecular formula is C20H22N4O. The van der Waals surface area contributed by atoms with Gasteiger partial charge >= 0.3 is 0 Å². The Morgan fingerprint density at radius 2 is 1.52 bits per heavy atom. The van der Waals surface area contributed by atoms with Crippen LogP contribution >= 0.6 is 0 Å². The number of rotatable bonds is 3. The number of likely N-dealkylation sites (N-methyl/N-ethyl adjacent to an activating group) is 1. The molecule has 1 fully saturated rings. The number of methoxy groups -OCH3 is 1. The number of ether oxygens (including phenoxy) is 1. The molecule has 2 aromatic carbocycles. The fourth-order valence-corrected chi connectivity index (χ4v) is 3.38. The summed E-state index contributed by atoms with van der Waals surface area (Å²) < 4.78 is 5.52. The molecule has 1 aliphatic rings. The predicted octanol–water partition coefficient (Wildman–Crippen LogP) is 3.06. The van der Waals surface area contributed by atoms with Crippen LogP contribution < -0.4 is 9.64 Å². The van der Waals surface area contributed by atoms with E-state index in [9.17, 15) is 0 Å². The van der Waals surface area contributed by atoms with Gasteiger partial charge in [-0.1, -0.05) is 36.4 Å². The molecule has 0 amide bonds. The van der Waals surface area contributed by atoms with Crippen molar-refractivity contribution < 1.29 is 4.74 Å². The van der Waals surface area contributed by atoms with Crippen molar-refractivity contribution in [1.82, 2.24) is 15.1 Å². The van der Waals surface area contributed by atoms with Gasteiger partial charge in [-0.3, -0.25) is 0 Å².